The molecule has 7 heteroatoms. The van der Waals surface area contributed by atoms with E-state index >= 15 is 0 Å². The van der Waals surface area contributed by atoms with Gasteiger partial charge in [0.25, 0.3) is 0 Å². The Bertz CT molecular complexity index is 589. The predicted molar refractivity (Wildman–Crippen MR) is 87.0 cm³/mol. The molecule has 0 aliphatic carbocycles. The van der Waals surface area contributed by atoms with E-state index < -0.39 is 11.6 Å². The van der Waals surface area contributed by atoms with Crippen molar-refractivity contribution in [3.8, 4) is 5.75 Å². The summed E-state index contributed by atoms with van der Waals surface area (Å²) in [5.41, 5.74) is -0.147. The molecule has 0 aromatic carbocycles. The van der Waals surface area contributed by atoms with Crippen molar-refractivity contribution >= 4 is 12.1 Å². The Hall–Kier alpha value is -2.31. The Kier molecular flexibility index (Phi) is 5.64. The third-order valence-corrected chi connectivity index (χ3v) is 3.53. The highest BCUT2D eigenvalue weighted by molar-refractivity contribution is 5.89. The molecule has 0 bridgehead atoms. The van der Waals surface area contributed by atoms with Crippen LogP contribution in [0.5, 0.6) is 5.75 Å². The summed E-state index contributed by atoms with van der Waals surface area (Å²) in [7, 11) is 1.32. The number of carbonyl (C=O) groups excluding carboxylic acids is 2. The number of amides is 1. The summed E-state index contributed by atoms with van der Waals surface area (Å²) in [4.78, 5) is 29.2. The summed E-state index contributed by atoms with van der Waals surface area (Å²) in [5, 5.41) is 0. The van der Waals surface area contributed by atoms with Crippen LogP contribution in [0.2, 0.25) is 0 Å². The summed E-state index contributed by atoms with van der Waals surface area (Å²) in [6.45, 7) is 6.69. The quantitative estimate of drug-likeness (QED) is 0.790. The molecule has 2 heterocycles. The van der Waals surface area contributed by atoms with E-state index in [1.165, 1.54) is 13.3 Å². The van der Waals surface area contributed by atoms with E-state index in [0.717, 1.165) is 0 Å². The van der Waals surface area contributed by atoms with Gasteiger partial charge in [-0.3, -0.25) is 4.98 Å². The first-order valence-electron chi connectivity index (χ1n) is 7.96. The highest BCUT2D eigenvalue weighted by Gasteiger charge is 2.27. The van der Waals surface area contributed by atoms with E-state index in [2.05, 4.69) is 9.72 Å². The van der Waals surface area contributed by atoms with Gasteiger partial charge in [0.2, 0.25) is 0 Å². The monoisotopic (exact) mass is 336 g/mol. The number of esters is 1. The zero-order valence-corrected chi connectivity index (χ0v) is 14.6. The summed E-state index contributed by atoms with van der Waals surface area (Å²) in [6.07, 6.45) is 4.06. The number of carbonyl (C=O) groups is 2. The Morgan fingerprint density at radius 1 is 1.21 bits per heavy atom. The van der Waals surface area contributed by atoms with E-state index in [1.54, 1.807) is 17.2 Å². The van der Waals surface area contributed by atoms with Gasteiger partial charge in [-0.15, -0.1) is 0 Å². The van der Waals surface area contributed by atoms with Crippen molar-refractivity contribution in [2.45, 2.75) is 45.3 Å². The van der Waals surface area contributed by atoms with Crippen LogP contribution in [-0.4, -0.2) is 53.9 Å². The van der Waals surface area contributed by atoms with Crippen molar-refractivity contribution in [1.29, 1.82) is 0 Å². The molecule has 0 radical (unpaired) electrons. The number of pyridine rings is 1. The van der Waals surface area contributed by atoms with Crippen LogP contribution in [0.3, 0.4) is 0 Å². The van der Waals surface area contributed by atoms with Crippen molar-refractivity contribution < 1.29 is 23.8 Å². The van der Waals surface area contributed by atoms with Crippen LogP contribution in [0.15, 0.2) is 18.5 Å². The smallest absolute Gasteiger partial charge is 0.410 e. The summed E-state index contributed by atoms with van der Waals surface area (Å²) < 4.78 is 15.9. The topological polar surface area (TPSA) is 78.0 Å². The lowest BCUT2D eigenvalue weighted by Gasteiger charge is -2.33. The fourth-order valence-electron chi connectivity index (χ4n) is 2.39. The van der Waals surface area contributed by atoms with E-state index in [-0.39, 0.29) is 12.2 Å². The molecule has 1 aromatic heterocycles. The maximum absolute atomic E-state index is 12.0. The maximum Gasteiger partial charge on any atom is 0.410 e. The normalized spacial score (nSPS) is 15.8. The molecular weight excluding hydrogens is 312 g/mol. The number of hydrogen-bond acceptors (Lipinski definition) is 6. The number of nitrogens with zero attached hydrogens (tertiary/aromatic N) is 2. The van der Waals surface area contributed by atoms with Gasteiger partial charge in [-0.05, 0) is 26.8 Å². The molecule has 7 nitrogen and oxygen atoms in total. The Morgan fingerprint density at radius 2 is 1.88 bits per heavy atom. The molecule has 1 fully saturated rings. The van der Waals surface area contributed by atoms with Gasteiger partial charge in [-0.2, -0.15) is 0 Å². The SMILES string of the molecule is COC(=O)c1cncc(OC2CCN(C(=O)OC(C)(C)C)CC2)c1. The Labute approximate surface area is 141 Å². The zero-order chi connectivity index (χ0) is 17.7. The Balaban J connectivity index is 1.87. The van der Waals surface area contributed by atoms with Crippen molar-refractivity contribution in [1.82, 2.24) is 9.88 Å². The first kappa shape index (κ1) is 18.0. The van der Waals surface area contributed by atoms with E-state index in [4.69, 9.17) is 9.47 Å². The van der Waals surface area contributed by atoms with Crippen LogP contribution in [0.4, 0.5) is 4.79 Å². The fraction of sp³-hybridized carbons (Fsp3) is 0.588. The molecule has 1 aliphatic rings. The largest absolute Gasteiger partial charge is 0.489 e. The molecule has 2 rings (SSSR count). The highest BCUT2D eigenvalue weighted by Crippen LogP contribution is 2.21. The molecule has 0 unspecified atom stereocenters. The van der Waals surface area contributed by atoms with Crippen molar-refractivity contribution in [2.75, 3.05) is 20.2 Å². The lowest BCUT2D eigenvalue weighted by atomic mass is 10.1. The average Bonchev–Trinajstić information content (AvgIpc) is 2.53. The van der Waals surface area contributed by atoms with Gasteiger partial charge in [0.05, 0.1) is 18.9 Å². The molecule has 1 saturated heterocycles. The van der Waals surface area contributed by atoms with Crippen LogP contribution in [-0.2, 0) is 9.47 Å². The second kappa shape index (κ2) is 7.51. The van der Waals surface area contributed by atoms with Crippen molar-refractivity contribution in [3.63, 3.8) is 0 Å². The molecular formula is C17H24N2O5. The zero-order valence-electron chi connectivity index (χ0n) is 14.6. The summed E-state index contributed by atoms with van der Waals surface area (Å²) in [5.74, 6) is 0.0707. The van der Waals surface area contributed by atoms with Gasteiger partial charge < -0.3 is 19.1 Å². The van der Waals surface area contributed by atoms with Crippen LogP contribution in [0.1, 0.15) is 44.0 Å². The first-order chi connectivity index (χ1) is 11.3. The van der Waals surface area contributed by atoms with Gasteiger partial charge in [0.15, 0.2) is 0 Å². The number of likely N-dealkylation sites (tertiary alicyclic amines) is 1. The minimum atomic E-state index is -0.496. The average molecular weight is 336 g/mol. The second-order valence-electron chi connectivity index (χ2n) is 6.69. The molecule has 0 atom stereocenters. The molecule has 0 spiro atoms. The molecule has 132 valence electrons. The number of ether oxygens (including phenoxy) is 3. The van der Waals surface area contributed by atoms with E-state index in [1.807, 2.05) is 20.8 Å². The number of hydrogen-bond donors (Lipinski definition) is 0. The van der Waals surface area contributed by atoms with Gasteiger partial charge in [0, 0.05) is 32.1 Å². The van der Waals surface area contributed by atoms with Crippen LogP contribution in [0.25, 0.3) is 0 Å². The molecule has 0 N–H and O–H groups in total. The van der Waals surface area contributed by atoms with Crippen LogP contribution >= 0.6 is 0 Å². The third-order valence-electron chi connectivity index (χ3n) is 3.53. The van der Waals surface area contributed by atoms with Crippen LogP contribution < -0.4 is 4.74 Å². The van der Waals surface area contributed by atoms with Gasteiger partial charge in [0.1, 0.15) is 17.5 Å². The van der Waals surface area contributed by atoms with E-state index in [9.17, 15) is 9.59 Å². The lowest BCUT2D eigenvalue weighted by molar-refractivity contribution is 0.0125. The van der Waals surface area contributed by atoms with Gasteiger partial charge in [-0.25, -0.2) is 9.59 Å². The minimum Gasteiger partial charge on any atom is -0.489 e. The molecule has 1 aromatic rings. The molecule has 0 saturated carbocycles. The predicted octanol–water partition coefficient (Wildman–Crippen LogP) is 2.65. The third kappa shape index (κ3) is 5.11. The maximum atomic E-state index is 12.0. The number of piperidine rings is 1. The number of methoxy groups -OCH3 is 1. The van der Waals surface area contributed by atoms with Gasteiger partial charge in [-0.1, -0.05) is 0 Å². The fourth-order valence-corrected chi connectivity index (χ4v) is 2.39. The Morgan fingerprint density at radius 3 is 2.46 bits per heavy atom. The van der Waals surface area contributed by atoms with Crippen molar-refractivity contribution in [3.05, 3.63) is 24.0 Å². The molecule has 1 aliphatic heterocycles. The molecule has 1 amide bonds. The summed E-state index contributed by atoms with van der Waals surface area (Å²) in [6, 6.07) is 1.61. The summed E-state index contributed by atoms with van der Waals surface area (Å²) >= 11 is 0. The second-order valence-corrected chi connectivity index (χ2v) is 6.69. The minimum absolute atomic E-state index is 0.0293. The lowest BCUT2D eigenvalue weighted by Crippen LogP contribution is -2.44. The number of aromatic nitrogens is 1. The van der Waals surface area contributed by atoms with Crippen LogP contribution in [0, 0.1) is 0 Å². The standard InChI is InChI=1S/C17H24N2O5/c1-17(2,3)24-16(21)19-7-5-13(6-8-19)23-14-9-12(10-18-11-14)15(20)22-4/h9-11,13H,5-8H2,1-4H3. The van der Waals surface area contributed by atoms with E-state index in [0.29, 0.717) is 37.2 Å². The number of rotatable bonds is 3. The van der Waals surface area contributed by atoms with Gasteiger partial charge >= 0.3 is 12.1 Å². The van der Waals surface area contributed by atoms with Crippen molar-refractivity contribution in [2.24, 2.45) is 0 Å². The highest BCUT2D eigenvalue weighted by atomic mass is 16.6. The molecule has 24 heavy (non-hydrogen) atoms. The first-order valence-corrected chi connectivity index (χ1v) is 7.96.